The molecule has 0 radical (unpaired) electrons. The van der Waals surface area contributed by atoms with Crippen molar-refractivity contribution in [3.05, 3.63) is 78.4 Å². The highest BCUT2D eigenvalue weighted by atomic mass is 16.5. The molecule has 2 saturated heterocycles. The molecule has 2 aromatic heterocycles. The van der Waals surface area contributed by atoms with E-state index in [2.05, 4.69) is 99.5 Å². The number of aromatic amines is 1. The molecule has 4 N–H and O–H groups in total. The van der Waals surface area contributed by atoms with Gasteiger partial charge in [0.05, 0.1) is 29.1 Å². The number of hydrogen-bond donors (Lipinski definition) is 4. The maximum atomic E-state index is 6.53. The number of allylic oxidation sites excluding steroid dienone is 1. The molecule has 41 heavy (non-hydrogen) atoms. The fraction of sp³-hybridized carbons (Fsp3) is 0.382. The fourth-order valence-electron chi connectivity index (χ4n) is 7.62. The van der Waals surface area contributed by atoms with Gasteiger partial charge >= 0.3 is 0 Å². The number of rotatable bonds is 6. The zero-order valence-electron chi connectivity index (χ0n) is 23.8. The molecule has 3 aliphatic heterocycles. The second-order valence-corrected chi connectivity index (χ2v) is 12.2. The summed E-state index contributed by atoms with van der Waals surface area (Å²) in [5.74, 6) is 2.65. The first-order chi connectivity index (χ1) is 20.1. The molecule has 4 aliphatic rings. The molecule has 4 aromatic rings. The van der Waals surface area contributed by atoms with Crippen LogP contribution in [-0.2, 0) is 0 Å². The Balaban J connectivity index is 1.08. The second-order valence-electron chi connectivity index (χ2n) is 12.2. The van der Waals surface area contributed by atoms with Crippen molar-refractivity contribution in [1.29, 1.82) is 0 Å². The van der Waals surface area contributed by atoms with Gasteiger partial charge in [0.25, 0.3) is 0 Å². The standard InChI is InChI=1S/C34H38N6O/c1-4-27(37-19(2)33-23-7-10-25(15-23)38-33)22-8-11-26-31-16-24-14-21(29-18-36-34(39-29)28-6-5-13-35-28)9-12-30(24)40(31)20(3)41-32(26)17-22/h4,8-9,11-12,14,16-18,20,23,25,28,33,35,37-38H,2,5-7,10,13,15H2,1,3H3,(H,36,39)/b27-4-. The largest absolute Gasteiger partial charge is 0.470 e. The Bertz CT molecular complexity index is 1690. The van der Waals surface area contributed by atoms with Crippen LogP contribution >= 0.6 is 0 Å². The average molecular weight is 547 g/mol. The Morgan fingerprint density at radius 1 is 1.15 bits per heavy atom. The van der Waals surface area contributed by atoms with E-state index in [9.17, 15) is 0 Å². The van der Waals surface area contributed by atoms with Crippen LogP contribution in [0.1, 0.15) is 69.6 Å². The van der Waals surface area contributed by atoms with E-state index in [0.717, 1.165) is 58.3 Å². The third-order valence-electron chi connectivity index (χ3n) is 9.68. The highest BCUT2D eigenvalue weighted by Crippen LogP contribution is 2.44. The van der Waals surface area contributed by atoms with Gasteiger partial charge in [0.1, 0.15) is 11.6 Å². The molecule has 1 aliphatic carbocycles. The molecule has 2 aromatic carbocycles. The quantitative estimate of drug-likeness (QED) is 0.218. The minimum atomic E-state index is -0.112. The van der Waals surface area contributed by atoms with Crippen LogP contribution in [0.5, 0.6) is 5.75 Å². The van der Waals surface area contributed by atoms with Gasteiger partial charge in [-0.1, -0.05) is 24.8 Å². The number of aromatic nitrogens is 3. The maximum Gasteiger partial charge on any atom is 0.173 e. The van der Waals surface area contributed by atoms with Gasteiger partial charge < -0.3 is 30.2 Å². The van der Waals surface area contributed by atoms with Gasteiger partial charge in [0.15, 0.2) is 6.23 Å². The van der Waals surface area contributed by atoms with Crippen LogP contribution in [0.15, 0.2) is 67.0 Å². The number of nitrogens with one attached hydrogen (secondary N) is 4. The smallest absolute Gasteiger partial charge is 0.173 e. The van der Waals surface area contributed by atoms with Crippen LogP contribution in [0.3, 0.4) is 0 Å². The monoisotopic (exact) mass is 546 g/mol. The molecular formula is C34H38N6O. The minimum Gasteiger partial charge on any atom is -0.470 e. The number of fused-ring (bicyclic) bond motifs is 7. The molecule has 5 heterocycles. The third-order valence-corrected chi connectivity index (χ3v) is 9.68. The highest BCUT2D eigenvalue weighted by molar-refractivity contribution is 5.92. The maximum absolute atomic E-state index is 6.53. The van der Waals surface area contributed by atoms with Crippen LogP contribution in [0.2, 0.25) is 0 Å². The Labute approximate surface area is 241 Å². The molecule has 8 rings (SSSR count). The summed E-state index contributed by atoms with van der Waals surface area (Å²) in [7, 11) is 0. The predicted molar refractivity (Wildman–Crippen MR) is 164 cm³/mol. The van der Waals surface area contributed by atoms with Crippen LogP contribution < -0.4 is 20.7 Å². The number of hydrogen-bond acceptors (Lipinski definition) is 5. The number of H-pyrrole nitrogens is 1. The van der Waals surface area contributed by atoms with E-state index in [0.29, 0.717) is 24.0 Å². The molecule has 210 valence electrons. The summed E-state index contributed by atoms with van der Waals surface area (Å²) >= 11 is 0. The van der Waals surface area contributed by atoms with Crippen LogP contribution in [0.25, 0.3) is 39.1 Å². The molecule has 5 unspecified atom stereocenters. The molecule has 2 bridgehead atoms. The molecule has 3 fully saturated rings. The van der Waals surface area contributed by atoms with E-state index in [-0.39, 0.29) is 6.23 Å². The van der Waals surface area contributed by atoms with Gasteiger partial charge in [-0.2, -0.15) is 0 Å². The highest BCUT2D eigenvalue weighted by Gasteiger charge is 2.40. The van der Waals surface area contributed by atoms with Gasteiger partial charge in [-0.05, 0) is 88.7 Å². The van der Waals surface area contributed by atoms with E-state index in [1.807, 2.05) is 6.20 Å². The average Bonchev–Trinajstić information content (AvgIpc) is 3.82. The van der Waals surface area contributed by atoms with Gasteiger partial charge in [0, 0.05) is 45.6 Å². The van der Waals surface area contributed by atoms with E-state index in [4.69, 9.17) is 4.74 Å². The lowest BCUT2D eigenvalue weighted by atomic mass is 9.97. The number of ether oxygens (including phenoxy) is 1. The van der Waals surface area contributed by atoms with E-state index >= 15 is 0 Å². The van der Waals surface area contributed by atoms with E-state index < -0.39 is 0 Å². The number of piperidine rings is 1. The van der Waals surface area contributed by atoms with E-state index in [1.54, 1.807) is 0 Å². The summed E-state index contributed by atoms with van der Waals surface area (Å²) < 4.78 is 8.84. The molecule has 7 nitrogen and oxygen atoms in total. The fourth-order valence-corrected chi connectivity index (χ4v) is 7.62. The molecule has 5 atom stereocenters. The van der Waals surface area contributed by atoms with Crippen molar-refractivity contribution in [1.82, 2.24) is 30.5 Å². The summed E-state index contributed by atoms with van der Waals surface area (Å²) in [6.45, 7) is 9.68. The van der Waals surface area contributed by atoms with Crippen molar-refractivity contribution in [2.45, 2.75) is 70.3 Å². The van der Waals surface area contributed by atoms with Gasteiger partial charge in [-0.3, -0.25) is 0 Å². The summed E-state index contributed by atoms with van der Waals surface area (Å²) in [6.07, 6.45) is 10.2. The van der Waals surface area contributed by atoms with Gasteiger partial charge in [0.2, 0.25) is 0 Å². The molecule has 7 heteroatoms. The number of nitrogens with zero attached hydrogens (tertiary/aromatic N) is 2. The number of imidazole rings is 1. The Morgan fingerprint density at radius 2 is 2.07 bits per heavy atom. The van der Waals surface area contributed by atoms with E-state index in [1.165, 1.54) is 42.3 Å². The van der Waals surface area contributed by atoms with Gasteiger partial charge in [-0.15, -0.1) is 0 Å². The first-order valence-electron chi connectivity index (χ1n) is 15.2. The topological polar surface area (TPSA) is 78.9 Å². The summed E-state index contributed by atoms with van der Waals surface area (Å²) in [4.78, 5) is 8.24. The Morgan fingerprint density at radius 3 is 2.85 bits per heavy atom. The first kappa shape index (κ1) is 24.9. The van der Waals surface area contributed by atoms with Crippen LogP contribution in [0.4, 0.5) is 0 Å². The van der Waals surface area contributed by atoms with Crippen molar-refractivity contribution in [2.24, 2.45) is 5.92 Å². The lowest BCUT2D eigenvalue weighted by molar-refractivity contribution is 0.152. The number of benzene rings is 2. The molecule has 1 saturated carbocycles. The predicted octanol–water partition coefficient (Wildman–Crippen LogP) is 6.64. The van der Waals surface area contributed by atoms with Gasteiger partial charge in [-0.25, -0.2) is 4.98 Å². The lowest BCUT2D eigenvalue weighted by Gasteiger charge is -2.29. The zero-order chi connectivity index (χ0) is 27.7. The summed E-state index contributed by atoms with van der Waals surface area (Å²) in [6, 6.07) is 16.9. The zero-order valence-corrected chi connectivity index (χ0v) is 23.8. The second kappa shape index (κ2) is 9.64. The summed E-state index contributed by atoms with van der Waals surface area (Å²) in [5, 5.41) is 12.1. The minimum absolute atomic E-state index is 0.112. The molecule has 0 spiro atoms. The van der Waals surface area contributed by atoms with Crippen molar-refractivity contribution in [3.63, 3.8) is 0 Å². The molecule has 0 amide bonds. The Hall–Kier alpha value is -3.81. The molecular weight excluding hydrogens is 508 g/mol. The van der Waals surface area contributed by atoms with Crippen LogP contribution in [0, 0.1) is 5.92 Å². The summed E-state index contributed by atoms with van der Waals surface area (Å²) in [5.41, 5.74) is 8.93. The van der Waals surface area contributed by atoms with Crippen LogP contribution in [-0.4, -0.2) is 33.2 Å². The van der Waals surface area contributed by atoms with Crippen molar-refractivity contribution < 1.29 is 4.74 Å². The normalized spacial score (nSPS) is 26.7. The SMILES string of the molecule is C=C(N/C(=C\C)c1ccc2c(c1)OC(C)n1c-2cc2cc(-c3cnc(C4CCCN4)[nH]3)ccc21)C1NC2CCC1C2. The van der Waals surface area contributed by atoms with Crippen molar-refractivity contribution >= 4 is 16.6 Å². The lowest BCUT2D eigenvalue weighted by Crippen LogP contribution is -2.40. The van der Waals surface area contributed by atoms with Crippen molar-refractivity contribution in [3.8, 4) is 28.3 Å². The Kier molecular flexibility index (Phi) is 5.86. The first-order valence-corrected chi connectivity index (χ1v) is 15.2. The van der Waals surface area contributed by atoms with Crippen molar-refractivity contribution in [2.75, 3.05) is 6.54 Å². The third kappa shape index (κ3) is 4.13.